The van der Waals surface area contributed by atoms with Gasteiger partial charge in [-0.25, -0.2) is 0 Å². The SMILES string of the molecule is O=C(c1cccc2ncccc12)N1CCCOC(CN2CCOCC2)C1. The van der Waals surface area contributed by atoms with Crippen molar-refractivity contribution in [1.29, 1.82) is 0 Å². The highest BCUT2D eigenvalue weighted by Gasteiger charge is 2.26. The van der Waals surface area contributed by atoms with Gasteiger partial charge in [-0.2, -0.15) is 0 Å². The number of hydrogen-bond acceptors (Lipinski definition) is 5. The molecule has 2 aromatic rings. The van der Waals surface area contributed by atoms with Crippen molar-refractivity contribution in [2.45, 2.75) is 12.5 Å². The Morgan fingerprint density at radius 1 is 1.12 bits per heavy atom. The molecule has 0 bridgehead atoms. The van der Waals surface area contributed by atoms with E-state index >= 15 is 0 Å². The number of ether oxygens (including phenoxy) is 2. The standard InChI is InChI=1S/C20H25N3O3/c24-20(18-4-1-6-19-17(18)5-2-7-21-19)23-8-3-11-26-16(15-23)14-22-9-12-25-13-10-22/h1-2,4-7,16H,3,8-15H2. The lowest BCUT2D eigenvalue weighted by Gasteiger charge is -2.31. The van der Waals surface area contributed by atoms with Gasteiger partial charge in [-0.15, -0.1) is 0 Å². The number of pyridine rings is 1. The molecule has 0 saturated carbocycles. The lowest BCUT2D eigenvalue weighted by Crippen LogP contribution is -2.45. The first-order valence-electron chi connectivity index (χ1n) is 9.36. The highest BCUT2D eigenvalue weighted by Crippen LogP contribution is 2.20. The summed E-state index contributed by atoms with van der Waals surface area (Å²) in [6, 6.07) is 9.59. The van der Waals surface area contributed by atoms with Crippen molar-refractivity contribution < 1.29 is 14.3 Å². The molecular formula is C20H25N3O3. The Morgan fingerprint density at radius 2 is 2.00 bits per heavy atom. The Hall–Kier alpha value is -2.02. The molecule has 2 saturated heterocycles. The van der Waals surface area contributed by atoms with Crippen LogP contribution in [0.1, 0.15) is 16.8 Å². The second-order valence-corrected chi connectivity index (χ2v) is 6.89. The zero-order valence-electron chi connectivity index (χ0n) is 15.0. The molecule has 0 radical (unpaired) electrons. The third kappa shape index (κ3) is 3.87. The Bertz CT molecular complexity index is 756. The van der Waals surface area contributed by atoms with E-state index in [-0.39, 0.29) is 12.0 Å². The quantitative estimate of drug-likeness (QED) is 0.840. The van der Waals surface area contributed by atoms with Gasteiger partial charge in [0.05, 0.1) is 24.8 Å². The summed E-state index contributed by atoms with van der Waals surface area (Å²) in [6.07, 6.45) is 2.68. The van der Waals surface area contributed by atoms with Crippen LogP contribution in [0.5, 0.6) is 0 Å². The van der Waals surface area contributed by atoms with E-state index in [4.69, 9.17) is 9.47 Å². The Kier molecular flexibility index (Phi) is 5.43. The molecule has 4 rings (SSSR count). The third-order valence-electron chi connectivity index (χ3n) is 5.08. The molecular weight excluding hydrogens is 330 g/mol. The molecule has 1 atom stereocenters. The van der Waals surface area contributed by atoms with Gasteiger partial charge in [0.1, 0.15) is 0 Å². The maximum atomic E-state index is 13.2. The van der Waals surface area contributed by atoms with Crippen LogP contribution in [0.2, 0.25) is 0 Å². The van der Waals surface area contributed by atoms with E-state index in [0.717, 1.165) is 62.3 Å². The molecule has 3 heterocycles. The highest BCUT2D eigenvalue weighted by atomic mass is 16.5. The van der Waals surface area contributed by atoms with Gasteiger partial charge in [0, 0.05) is 56.5 Å². The largest absolute Gasteiger partial charge is 0.379 e. The fourth-order valence-corrected chi connectivity index (χ4v) is 3.72. The molecule has 2 fully saturated rings. The van der Waals surface area contributed by atoms with Gasteiger partial charge >= 0.3 is 0 Å². The third-order valence-corrected chi connectivity index (χ3v) is 5.08. The van der Waals surface area contributed by atoms with Crippen molar-refractivity contribution in [3.8, 4) is 0 Å². The number of aromatic nitrogens is 1. The summed E-state index contributed by atoms with van der Waals surface area (Å²) in [5, 5.41) is 0.912. The van der Waals surface area contributed by atoms with Gasteiger partial charge in [-0.1, -0.05) is 12.1 Å². The van der Waals surface area contributed by atoms with Gasteiger partial charge in [-0.3, -0.25) is 14.7 Å². The maximum Gasteiger partial charge on any atom is 0.254 e. The Balaban J connectivity index is 1.50. The molecule has 0 spiro atoms. The van der Waals surface area contributed by atoms with Gasteiger partial charge in [0.15, 0.2) is 0 Å². The van der Waals surface area contributed by atoms with Crippen molar-refractivity contribution >= 4 is 16.8 Å². The monoisotopic (exact) mass is 355 g/mol. The van der Waals surface area contributed by atoms with Crippen molar-refractivity contribution in [2.75, 3.05) is 52.5 Å². The lowest BCUT2D eigenvalue weighted by atomic mass is 10.1. The minimum atomic E-state index is 0.0488. The number of carbonyl (C=O) groups excluding carboxylic acids is 1. The normalized spacial score (nSPS) is 22.3. The van der Waals surface area contributed by atoms with E-state index in [0.29, 0.717) is 13.2 Å². The van der Waals surface area contributed by atoms with Crippen LogP contribution in [-0.2, 0) is 9.47 Å². The molecule has 0 aliphatic carbocycles. The lowest BCUT2D eigenvalue weighted by molar-refractivity contribution is -0.0112. The fraction of sp³-hybridized carbons (Fsp3) is 0.500. The molecule has 0 N–H and O–H groups in total. The summed E-state index contributed by atoms with van der Waals surface area (Å²) >= 11 is 0. The number of rotatable bonds is 3. The van der Waals surface area contributed by atoms with Crippen LogP contribution in [-0.4, -0.2) is 79.3 Å². The molecule has 1 unspecified atom stereocenters. The molecule has 2 aliphatic rings. The van der Waals surface area contributed by atoms with Crippen LogP contribution in [0.15, 0.2) is 36.5 Å². The van der Waals surface area contributed by atoms with Crippen molar-refractivity contribution in [1.82, 2.24) is 14.8 Å². The van der Waals surface area contributed by atoms with Crippen LogP contribution in [0.3, 0.4) is 0 Å². The van der Waals surface area contributed by atoms with Gasteiger partial charge in [-0.05, 0) is 24.6 Å². The van der Waals surface area contributed by atoms with Gasteiger partial charge < -0.3 is 14.4 Å². The highest BCUT2D eigenvalue weighted by molar-refractivity contribution is 6.06. The summed E-state index contributed by atoms with van der Waals surface area (Å²) < 4.78 is 11.4. The van der Waals surface area contributed by atoms with Crippen LogP contribution < -0.4 is 0 Å². The first-order chi connectivity index (χ1) is 12.8. The van der Waals surface area contributed by atoms with Crippen molar-refractivity contribution in [3.05, 3.63) is 42.1 Å². The summed E-state index contributed by atoms with van der Waals surface area (Å²) in [5.41, 5.74) is 1.58. The maximum absolute atomic E-state index is 13.2. The molecule has 6 heteroatoms. The Morgan fingerprint density at radius 3 is 2.88 bits per heavy atom. The minimum Gasteiger partial charge on any atom is -0.379 e. The molecule has 1 amide bonds. The molecule has 138 valence electrons. The van der Waals surface area contributed by atoms with Crippen LogP contribution in [0.25, 0.3) is 10.9 Å². The van der Waals surface area contributed by atoms with E-state index in [9.17, 15) is 4.79 Å². The zero-order chi connectivity index (χ0) is 17.8. The van der Waals surface area contributed by atoms with E-state index in [1.54, 1.807) is 6.20 Å². The van der Waals surface area contributed by atoms with E-state index in [1.807, 2.05) is 35.2 Å². The summed E-state index contributed by atoms with van der Waals surface area (Å²) in [7, 11) is 0. The first kappa shape index (κ1) is 17.4. The second-order valence-electron chi connectivity index (χ2n) is 6.89. The van der Waals surface area contributed by atoms with Crippen LogP contribution >= 0.6 is 0 Å². The summed E-state index contributed by atoms with van der Waals surface area (Å²) in [4.78, 5) is 21.9. The predicted molar refractivity (Wildman–Crippen MR) is 99.3 cm³/mol. The number of hydrogen-bond donors (Lipinski definition) is 0. The number of nitrogens with zero attached hydrogens (tertiary/aromatic N) is 3. The number of carbonyl (C=O) groups is 1. The number of benzene rings is 1. The number of fused-ring (bicyclic) bond motifs is 1. The molecule has 1 aromatic heterocycles. The van der Waals surface area contributed by atoms with Crippen molar-refractivity contribution in [2.24, 2.45) is 0 Å². The van der Waals surface area contributed by atoms with E-state index < -0.39 is 0 Å². The van der Waals surface area contributed by atoms with Crippen LogP contribution in [0, 0.1) is 0 Å². The fourth-order valence-electron chi connectivity index (χ4n) is 3.72. The van der Waals surface area contributed by atoms with Crippen LogP contribution in [0.4, 0.5) is 0 Å². The van der Waals surface area contributed by atoms with E-state index in [2.05, 4.69) is 9.88 Å². The average Bonchev–Trinajstić information content (AvgIpc) is 2.93. The molecule has 2 aliphatic heterocycles. The van der Waals surface area contributed by atoms with E-state index in [1.165, 1.54) is 0 Å². The predicted octanol–water partition coefficient (Wildman–Crippen LogP) is 1.80. The molecule has 1 aromatic carbocycles. The second kappa shape index (κ2) is 8.12. The Labute approximate surface area is 153 Å². The molecule has 26 heavy (non-hydrogen) atoms. The summed E-state index contributed by atoms with van der Waals surface area (Å²) in [5.74, 6) is 0.0704. The minimum absolute atomic E-state index is 0.0488. The van der Waals surface area contributed by atoms with Gasteiger partial charge in [0.25, 0.3) is 5.91 Å². The summed E-state index contributed by atoms with van der Waals surface area (Å²) in [6.45, 7) is 6.34. The smallest absolute Gasteiger partial charge is 0.254 e. The molecule has 6 nitrogen and oxygen atoms in total. The number of amides is 1. The number of morpholine rings is 1. The van der Waals surface area contributed by atoms with Crippen molar-refractivity contribution in [3.63, 3.8) is 0 Å². The van der Waals surface area contributed by atoms with Gasteiger partial charge in [0.2, 0.25) is 0 Å². The zero-order valence-corrected chi connectivity index (χ0v) is 15.0. The first-order valence-corrected chi connectivity index (χ1v) is 9.36. The average molecular weight is 355 g/mol. The topological polar surface area (TPSA) is 54.9 Å².